The zero-order chi connectivity index (χ0) is 9.97. The fourth-order valence-electron chi connectivity index (χ4n) is 1.33. The number of halogens is 1. The van der Waals surface area contributed by atoms with Crippen LogP contribution in [0.25, 0.3) is 0 Å². The predicted octanol–water partition coefficient (Wildman–Crippen LogP) is 2.05. The first-order valence-electron chi connectivity index (χ1n) is 4.54. The molecule has 0 atom stereocenters. The first-order chi connectivity index (χ1) is 6.75. The Morgan fingerprint density at radius 2 is 2.07 bits per heavy atom. The van der Waals surface area contributed by atoms with Gasteiger partial charge in [-0.1, -0.05) is 11.6 Å². The highest BCUT2D eigenvalue weighted by atomic mass is 35.5. The number of benzene rings is 1. The maximum atomic E-state index is 5.79. The van der Waals surface area contributed by atoms with Crippen molar-refractivity contribution >= 4 is 23.2 Å². The van der Waals surface area contributed by atoms with Gasteiger partial charge in [-0.3, -0.25) is 4.99 Å². The molecule has 4 heteroatoms. The standard InChI is InChI=1S/C10H12ClN3/c1-14-7-6-12-10(14)13-9-4-2-8(11)3-5-9/h2-5H,6-7H2,1H3,(H,12,13). The molecule has 1 aromatic carbocycles. The molecule has 0 radical (unpaired) electrons. The third-order valence-electron chi connectivity index (χ3n) is 2.16. The van der Waals surface area contributed by atoms with E-state index in [0.29, 0.717) is 0 Å². The minimum Gasteiger partial charge on any atom is -0.344 e. The molecule has 1 aliphatic rings. The van der Waals surface area contributed by atoms with Gasteiger partial charge in [-0.15, -0.1) is 0 Å². The summed E-state index contributed by atoms with van der Waals surface area (Å²) in [7, 11) is 2.02. The van der Waals surface area contributed by atoms with E-state index in [4.69, 9.17) is 11.6 Å². The summed E-state index contributed by atoms with van der Waals surface area (Å²) in [4.78, 5) is 6.42. The molecule has 0 unspecified atom stereocenters. The van der Waals surface area contributed by atoms with Gasteiger partial charge in [0.15, 0.2) is 5.96 Å². The molecule has 1 heterocycles. The average Bonchev–Trinajstić information content (AvgIpc) is 2.56. The monoisotopic (exact) mass is 209 g/mol. The summed E-state index contributed by atoms with van der Waals surface area (Å²) in [6, 6.07) is 7.60. The maximum Gasteiger partial charge on any atom is 0.198 e. The van der Waals surface area contributed by atoms with Crippen molar-refractivity contribution in [2.24, 2.45) is 4.99 Å². The number of nitrogens with zero attached hydrogens (tertiary/aromatic N) is 2. The molecule has 1 aromatic rings. The van der Waals surface area contributed by atoms with Crippen LogP contribution in [0.15, 0.2) is 29.3 Å². The number of anilines is 1. The minimum atomic E-state index is 0.747. The van der Waals surface area contributed by atoms with Crippen LogP contribution in [0.1, 0.15) is 0 Å². The average molecular weight is 210 g/mol. The molecular weight excluding hydrogens is 198 g/mol. The summed E-state index contributed by atoms with van der Waals surface area (Å²) in [6.07, 6.45) is 0. The molecule has 1 N–H and O–H groups in total. The van der Waals surface area contributed by atoms with Gasteiger partial charge in [-0.2, -0.15) is 0 Å². The van der Waals surface area contributed by atoms with E-state index in [0.717, 1.165) is 29.8 Å². The van der Waals surface area contributed by atoms with Gasteiger partial charge in [-0.05, 0) is 24.3 Å². The molecule has 0 aliphatic carbocycles. The summed E-state index contributed by atoms with van der Waals surface area (Å²) in [5.74, 6) is 0.923. The zero-order valence-corrected chi connectivity index (χ0v) is 8.75. The molecule has 0 saturated heterocycles. The Kier molecular flexibility index (Phi) is 2.59. The number of rotatable bonds is 1. The highest BCUT2D eigenvalue weighted by molar-refractivity contribution is 6.30. The predicted molar refractivity (Wildman–Crippen MR) is 60.0 cm³/mol. The number of hydrogen-bond acceptors (Lipinski definition) is 3. The molecule has 1 aliphatic heterocycles. The lowest BCUT2D eigenvalue weighted by Gasteiger charge is -2.15. The molecule has 2 rings (SSSR count). The van der Waals surface area contributed by atoms with Crippen molar-refractivity contribution in [3.63, 3.8) is 0 Å². The van der Waals surface area contributed by atoms with Crippen molar-refractivity contribution in [3.05, 3.63) is 29.3 Å². The molecule has 0 spiro atoms. The van der Waals surface area contributed by atoms with Gasteiger partial charge in [0.2, 0.25) is 0 Å². The Balaban J connectivity index is 2.07. The van der Waals surface area contributed by atoms with Crippen LogP contribution in [-0.4, -0.2) is 31.0 Å². The second-order valence-corrected chi connectivity index (χ2v) is 3.70. The Bertz CT molecular complexity index is 345. The van der Waals surface area contributed by atoms with Gasteiger partial charge in [0, 0.05) is 24.3 Å². The molecule has 14 heavy (non-hydrogen) atoms. The summed E-state index contributed by atoms with van der Waals surface area (Å²) in [6.45, 7) is 1.85. The van der Waals surface area contributed by atoms with Crippen molar-refractivity contribution in [1.82, 2.24) is 4.90 Å². The van der Waals surface area contributed by atoms with E-state index < -0.39 is 0 Å². The third kappa shape index (κ3) is 1.99. The van der Waals surface area contributed by atoms with Crippen LogP contribution in [0.4, 0.5) is 5.69 Å². The Labute approximate surface area is 88.4 Å². The highest BCUT2D eigenvalue weighted by Crippen LogP contribution is 2.14. The number of nitrogens with one attached hydrogen (secondary N) is 1. The van der Waals surface area contributed by atoms with Gasteiger partial charge in [0.05, 0.1) is 6.54 Å². The first kappa shape index (κ1) is 9.34. The third-order valence-corrected chi connectivity index (χ3v) is 2.41. The summed E-state index contributed by atoms with van der Waals surface area (Å²) in [5, 5.41) is 3.98. The first-order valence-corrected chi connectivity index (χ1v) is 4.92. The number of aliphatic imine (C=N–C) groups is 1. The smallest absolute Gasteiger partial charge is 0.198 e. The maximum absolute atomic E-state index is 5.79. The van der Waals surface area contributed by atoms with Crippen molar-refractivity contribution in [1.29, 1.82) is 0 Å². The van der Waals surface area contributed by atoms with Crippen molar-refractivity contribution < 1.29 is 0 Å². The summed E-state index contributed by atoms with van der Waals surface area (Å²) >= 11 is 5.79. The quantitative estimate of drug-likeness (QED) is 0.767. The fraction of sp³-hybridized carbons (Fsp3) is 0.300. The molecule has 0 amide bonds. The van der Waals surface area contributed by atoms with Crippen molar-refractivity contribution in [2.75, 3.05) is 25.5 Å². The number of guanidine groups is 1. The van der Waals surface area contributed by atoms with E-state index in [1.165, 1.54) is 0 Å². The molecule has 0 fully saturated rings. The SMILES string of the molecule is CN1CCN=C1Nc1ccc(Cl)cc1. The number of hydrogen-bond donors (Lipinski definition) is 1. The zero-order valence-electron chi connectivity index (χ0n) is 8.00. The molecule has 74 valence electrons. The van der Waals surface area contributed by atoms with Crippen molar-refractivity contribution in [2.45, 2.75) is 0 Å². The largest absolute Gasteiger partial charge is 0.344 e. The van der Waals surface area contributed by atoms with Crippen LogP contribution in [0.3, 0.4) is 0 Å². The molecule has 0 bridgehead atoms. The second-order valence-electron chi connectivity index (χ2n) is 3.26. The normalized spacial score (nSPS) is 15.6. The van der Waals surface area contributed by atoms with Crippen LogP contribution in [0, 0.1) is 0 Å². The van der Waals surface area contributed by atoms with E-state index >= 15 is 0 Å². The van der Waals surface area contributed by atoms with Gasteiger partial charge >= 0.3 is 0 Å². The van der Waals surface area contributed by atoms with E-state index in [1.807, 2.05) is 31.3 Å². The van der Waals surface area contributed by atoms with E-state index in [2.05, 4.69) is 15.2 Å². The fourth-order valence-corrected chi connectivity index (χ4v) is 1.46. The van der Waals surface area contributed by atoms with E-state index in [1.54, 1.807) is 0 Å². The van der Waals surface area contributed by atoms with Crippen LogP contribution < -0.4 is 5.32 Å². The summed E-state index contributed by atoms with van der Waals surface area (Å²) in [5.41, 5.74) is 1.02. The lowest BCUT2D eigenvalue weighted by atomic mass is 10.3. The lowest BCUT2D eigenvalue weighted by molar-refractivity contribution is 0.555. The van der Waals surface area contributed by atoms with Crippen LogP contribution in [0.2, 0.25) is 5.02 Å². The van der Waals surface area contributed by atoms with Crippen molar-refractivity contribution in [3.8, 4) is 0 Å². The van der Waals surface area contributed by atoms with E-state index in [9.17, 15) is 0 Å². The van der Waals surface area contributed by atoms with Gasteiger partial charge in [0.25, 0.3) is 0 Å². The van der Waals surface area contributed by atoms with E-state index in [-0.39, 0.29) is 0 Å². The highest BCUT2D eigenvalue weighted by Gasteiger charge is 2.11. The van der Waals surface area contributed by atoms with Gasteiger partial charge in [0.1, 0.15) is 0 Å². The molecule has 3 nitrogen and oxygen atoms in total. The van der Waals surface area contributed by atoms with Crippen LogP contribution >= 0.6 is 11.6 Å². The summed E-state index contributed by atoms with van der Waals surface area (Å²) < 4.78 is 0. The lowest BCUT2D eigenvalue weighted by Crippen LogP contribution is -2.28. The Morgan fingerprint density at radius 1 is 1.36 bits per heavy atom. The van der Waals surface area contributed by atoms with Gasteiger partial charge in [-0.25, -0.2) is 0 Å². The Hall–Kier alpha value is -1.22. The van der Waals surface area contributed by atoms with Crippen LogP contribution in [-0.2, 0) is 0 Å². The minimum absolute atomic E-state index is 0.747. The Morgan fingerprint density at radius 3 is 2.64 bits per heavy atom. The molecule has 0 aromatic heterocycles. The molecule has 0 saturated carbocycles. The van der Waals surface area contributed by atoms with Crippen LogP contribution in [0.5, 0.6) is 0 Å². The van der Waals surface area contributed by atoms with Gasteiger partial charge < -0.3 is 10.2 Å². The second kappa shape index (κ2) is 3.88. The number of likely N-dealkylation sites (N-methyl/N-ethyl adjacent to an activating group) is 1. The molecular formula is C10H12ClN3. The topological polar surface area (TPSA) is 27.6 Å².